The molecule has 0 saturated heterocycles. The number of carboxylic acid groups (broad SMARTS) is 2. The van der Waals surface area contributed by atoms with Gasteiger partial charge < -0.3 is 19.8 Å². The van der Waals surface area contributed by atoms with E-state index in [1.165, 1.54) is 141 Å². The average molecular weight is 727 g/mol. The fraction of sp³-hybridized carbons (Fsp3) is 0.938. The number of carbonyl (C=O) groups excluding carboxylic acids is 2. The van der Waals surface area contributed by atoms with E-state index >= 15 is 0 Å². The summed E-state index contributed by atoms with van der Waals surface area (Å²) in [5.74, 6) is -1.81. The first-order valence-electron chi connectivity index (χ1n) is 15.9. The van der Waals surface area contributed by atoms with Gasteiger partial charge in [0.05, 0.1) is 0 Å². The van der Waals surface area contributed by atoms with Crippen LogP contribution in [0.5, 0.6) is 0 Å². The summed E-state index contributed by atoms with van der Waals surface area (Å²) >= 11 is 0. The monoisotopic (exact) mass is 724 g/mol. The fourth-order valence-electron chi connectivity index (χ4n) is 4.57. The third kappa shape index (κ3) is 49.4. The number of hydrogen-bond donors (Lipinski definition) is 0. The first-order chi connectivity index (χ1) is 17.5. The van der Waals surface area contributed by atoms with E-state index < -0.39 is 11.9 Å². The average Bonchev–Trinajstić information content (AvgIpc) is 2.85. The molecule has 0 amide bonds. The molecule has 0 aliphatic rings. The normalized spacial score (nSPS) is 10.2. The van der Waals surface area contributed by atoms with Crippen LogP contribution in [-0.2, 0) is 54.3 Å². The Morgan fingerprint density at radius 2 is 0.500 bits per heavy atom. The molecular weight excluding hydrogens is 664 g/mol. The molecule has 38 heavy (non-hydrogen) atoms. The number of rotatable bonds is 28. The second-order valence-electron chi connectivity index (χ2n) is 10.7. The molecule has 0 aromatic rings. The van der Waals surface area contributed by atoms with Gasteiger partial charge in [0.15, 0.2) is 0 Å². The second-order valence-corrected chi connectivity index (χ2v) is 10.7. The maximum atomic E-state index is 10.2. The third-order valence-electron chi connectivity index (χ3n) is 6.97. The summed E-state index contributed by atoms with van der Waals surface area (Å²) in [7, 11) is 0. The molecule has 0 heterocycles. The molecule has 6 heteroatoms. The Hall–Kier alpha value is 0.421. The molecular formula is C32H62Ag2O4. The summed E-state index contributed by atoms with van der Waals surface area (Å²) in [5, 5.41) is 20.4. The predicted octanol–water partition coefficient (Wildman–Crippen LogP) is 8.43. The van der Waals surface area contributed by atoms with Crippen LogP contribution in [-0.4, -0.2) is 11.9 Å². The van der Waals surface area contributed by atoms with Gasteiger partial charge in [-0.15, -0.1) is 0 Å². The molecule has 0 aliphatic heterocycles. The molecule has 0 rings (SSSR count). The van der Waals surface area contributed by atoms with Gasteiger partial charge in [0, 0.05) is 11.9 Å². The van der Waals surface area contributed by atoms with Crippen LogP contribution in [0, 0.1) is 0 Å². The predicted molar refractivity (Wildman–Crippen MR) is 151 cm³/mol. The summed E-state index contributed by atoms with van der Waals surface area (Å²) in [6, 6.07) is 0. The van der Waals surface area contributed by atoms with E-state index in [-0.39, 0.29) is 57.6 Å². The zero-order valence-corrected chi connectivity index (χ0v) is 28.0. The maximum Gasteiger partial charge on any atom is 1.00 e. The van der Waals surface area contributed by atoms with Gasteiger partial charge in [-0.25, -0.2) is 0 Å². The van der Waals surface area contributed by atoms with E-state index in [9.17, 15) is 19.8 Å². The minimum Gasteiger partial charge on any atom is -0.550 e. The van der Waals surface area contributed by atoms with E-state index in [2.05, 4.69) is 13.8 Å². The zero-order valence-electron chi connectivity index (χ0n) is 25.0. The molecule has 0 fully saturated rings. The summed E-state index contributed by atoms with van der Waals surface area (Å²) in [6.07, 6.45) is 33.9. The molecule has 0 N–H and O–H groups in total. The van der Waals surface area contributed by atoms with Crippen LogP contribution in [0.25, 0.3) is 0 Å². The van der Waals surface area contributed by atoms with Crippen molar-refractivity contribution < 1.29 is 64.6 Å². The summed E-state index contributed by atoms with van der Waals surface area (Å²) in [4.78, 5) is 20.4. The van der Waals surface area contributed by atoms with Crippen molar-refractivity contribution in [1.82, 2.24) is 0 Å². The van der Waals surface area contributed by atoms with E-state index in [1.54, 1.807) is 0 Å². The minimum absolute atomic E-state index is 0. The topological polar surface area (TPSA) is 80.3 Å². The van der Waals surface area contributed by atoms with E-state index in [0.717, 1.165) is 25.7 Å². The van der Waals surface area contributed by atoms with Gasteiger partial charge in [-0.2, -0.15) is 0 Å². The van der Waals surface area contributed by atoms with Crippen LogP contribution in [0.1, 0.15) is 194 Å². The molecule has 0 radical (unpaired) electrons. The molecule has 0 unspecified atom stereocenters. The number of carboxylic acids is 2. The van der Waals surface area contributed by atoms with Gasteiger partial charge >= 0.3 is 44.8 Å². The standard InChI is InChI=1S/2C16H32O2.2Ag/c2*1-2-3-4-5-6-7-8-9-10-11-12-13-14-15-16(17)18;;/h2*2-15H2,1H3,(H,17,18);;/q;;2*+1/p-2. The summed E-state index contributed by atoms with van der Waals surface area (Å²) in [5.41, 5.74) is 0. The third-order valence-corrected chi connectivity index (χ3v) is 6.97. The maximum absolute atomic E-state index is 10.2. The SMILES string of the molecule is CCCCCCCCCCCCCCCC(=O)[O-].CCCCCCCCCCCCCCCC(=O)[O-].[Ag+].[Ag+]. The Kier molecular flexibility index (Phi) is 50.1. The van der Waals surface area contributed by atoms with Gasteiger partial charge in [-0.05, 0) is 25.7 Å². The molecule has 236 valence electrons. The van der Waals surface area contributed by atoms with Crippen LogP contribution in [0.4, 0.5) is 0 Å². The molecule has 4 nitrogen and oxygen atoms in total. The van der Waals surface area contributed by atoms with Crippen molar-refractivity contribution >= 4 is 11.9 Å². The Morgan fingerprint density at radius 3 is 0.658 bits per heavy atom. The number of aliphatic carboxylic acids is 2. The largest absolute Gasteiger partial charge is 1.00 e. The van der Waals surface area contributed by atoms with Gasteiger partial charge in [-0.3, -0.25) is 0 Å². The van der Waals surface area contributed by atoms with Crippen molar-refractivity contribution in [2.45, 2.75) is 194 Å². The van der Waals surface area contributed by atoms with E-state index in [1.807, 2.05) is 0 Å². The molecule has 0 atom stereocenters. The summed E-state index contributed by atoms with van der Waals surface area (Å²) < 4.78 is 0. The smallest absolute Gasteiger partial charge is 0.550 e. The molecule has 0 aliphatic carbocycles. The van der Waals surface area contributed by atoms with E-state index in [4.69, 9.17) is 0 Å². The molecule has 0 bridgehead atoms. The summed E-state index contributed by atoms with van der Waals surface area (Å²) in [6.45, 7) is 4.51. The Labute approximate surface area is 268 Å². The van der Waals surface area contributed by atoms with Crippen molar-refractivity contribution in [3.63, 3.8) is 0 Å². The van der Waals surface area contributed by atoms with Crippen molar-refractivity contribution in [2.24, 2.45) is 0 Å². The Balaban J connectivity index is -0.000000289. The molecule has 0 saturated carbocycles. The van der Waals surface area contributed by atoms with Crippen LogP contribution in [0.3, 0.4) is 0 Å². The fourth-order valence-corrected chi connectivity index (χ4v) is 4.57. The number of hydrogen-bond acceptors (Lipinski definition) is 4. The van der Waals surface area contributed by atoms with Crippen LogP contribution >= 0.6 is 0 Å². The van der Waals surface area contributed by atoms with Crippen molar-refractivity contribution in [1.29, 1.82) is 0 Å². The molecule has 0 aromatic carbocycles. The number of unbranched alkanes of at least 4 members (excludes halogenated alkanes) is 24. The quantitative estimate of drug-likeness (QED) is 0.0599. The second kappa shape index (κ2) is 41.9. The van der Waals surface area contributed by atoms with Crippen LogP contribution in [0.2, 0.25) is 0 Å². The van der Waals surface area contributed by atoms with Crippen molar-refractivity contribution in [3.8, 4) is 0 Å². The Morgan fingerprint density at radius 1 is 0.342 bits per heavy atom. The van der Waals surface area contributed by atoms with Gasteiger partial charge in [0.25, 0.3) is 0 Å². The zero-order chi connectivity index (χ0) is 27.0. The first-order valence-corrected chi connectivity index (χ1v) is 15.9. The van der Waals surface area contributed by atoms with Crippen molar-refractivity contribution in [2.75, 3.05) is 0 Å². The molecule has 0 aromatic heterocycles. The Bertz CT molecular complexity index is 407. The van der Waals surface area contributed by atoms with Gasteiger partial charge in [-0.1, -0.05) is 168 Å². The van der Waals surface area contributed by atoms with Crippen LogP contribution < -0.4 is 10.2 Å². The first kappa shape index (κ1) is 45.4. The van der Waals surface area contributed by atoms with E-state index in [0.29, 0.717) is 0 Å². The van der Waals surface area contributed by atoms with Gasteiger partial charge in [0.2, 0.25) is 0 Å². The van der Waals surface area contributed by atoms with Crippen molar-refractivity contribution in [3.05, 3.63) is 0 Å². The number of carbonyl (C=O) groups is 2. The minimum atomic E-state index is -0.905. The van der Waals surface area contributed by atoms with Crippen LogP contribution in [0.15, 0.2) is 0 Å². The van der Waals surface area contributed by atoms with Gasteiger partial charge in [0.1, 0.15) is 0 Å². The molecule has 0 spiro atoms.